The third-order valence-corrected chi connectivity index (χ3v) is 6.01. The lowest BCUT2D eigenvalue weighted by Crippen LogP contribution is -2.37. The van der Waals surface area contributed by atoms with Crippen molar-refractivity contribution in [3.8, 4) is 11.4 Å². The van der Waals surface area contributed by atoms with Crippen LogP contribution < -0.4 is 0 Å². The minimum Gasteiger partial charge on any atom is -0.282 e. The molecule has 8 nitrogen and oxygen atoms in total. The van der Waals surface area contributed by atoms with Gasteiger partial charge in [-0.15, -0.1) is 0 Å². The molecule has 1 aliphatic heterocycles. The quantitative estimate of drug-likeness (QED) is 0.694. The Morgan fingerprint density at radius 1 is 1.15 bits per heavy atom. The van der Waals surface area contributed by atoms with Gasteiger partial charge in [-0.2, -0.15) is 0 Å². The molecule has 0 atom stereocenters. The first-order valence-corrected chi connectivity index (χ1v) is 10.4. The Bertz CT molecular complexity index is 1050. The molecule has 0 amide bonds. The summed E-state index contributed by atoms with van der Waals surface area (Å²) in [7, 11) is -3.13. The zero-order valence-corrected chi connectivity index (χ0v) is 15.5. The number of piperidine rings is 1. The molecule has 0 bridgehead atoms. The maximum Gasteiger partial charge on any atom is 0.234 e. The van der Waals surface area contributed by atoms with E-state index in [9.17, 15) is 8.42 Å². The van der Waals surface area contributed by atoms with Gasteiger partial charge in [-0.3, -0.25) is 4.40 Å². The molecule has 1 saturated heterocycles. The SMILES string of the molecule is Cc1cc(-c2cnc3ncccn23)nc(C2CCN(S(C)(=O)=O)CC2)n1. The Balaban J connectivity index is 1.65. The third-order valence-electron chi connectivity index (χ3n) is 4.71. The minimum absolute atomic E-state index is 0.156. The van der Waals surface area contributed by atoms with E-state index in [2.05, 4.69) is 15.0 Å². The second kappa shape index (κ2) is 6.40. The summed E-state index contributed by atoms with van der Waals surface area (Å²) in [6.07, 6.45) is 8.09. The normalized spacial score (nSPS) is 17.0. The van der Waals surface area contributed by atoms with E-state index in [0.717, 1.165) is 35.7 Å². The fourth-order valence-electron chi connectivity index (χ4n) is 3.37. The molecule has 0 unspecified atom stereocenters. The van der Waals surface area contributed by atoms with Crippen molar-refractivity contribution >= 4 is 15.8 Å². The van der Waals surface area contributed by atoms with Crippen molar-refractivity contribution in [1.82, 2.24) is 28.6 Å². The Morgan fingerprint density at radius 3 is 2.65 bits per heavy atom. The van der Waals surface area contributed by atoms with Crippen LogP contribution in [-0.2, 0) is 10.0 Å². The fraction of sp³-hybridized carbons (Fsp3) is 0.412. The van der Waals surface area contributed by atoms with Gasteiger partial charge in [0.1, 0.15) is 5.82 Å². The summed E-state index contributed by atoms with van der Waals surface area (Å²) in [6, 6.07) is 3.79. The average Bonchev–Trinajstić information content (AvgIpc) is 3.05. The molecule has 0 aromatic carbocycles. The van der Waals surface area contributed by atoms with Crippen LogP contribution in [0.3, 0.4) is 0 Å². The van der Waals surface area contributed by atoms with Gasteiger partial charge >= 0.3 is 0 Å². The lowest BCUT2D eigenvalue weighted by atomic mass is 9.97. The highest BCUT2D eigenvalue weighted by atomic mass is 32.2. The molecule has 0 aliphatic carbocycles. The van der Waals surface area contributed by atoms with Crippen LogP contribution in [0.2, 0.25) is 0 Å². The molecule has 3 aromatic heterocycles. The first-order chi connectivity index (χ1) is 12.4. The Kier molecular flexibility index (Phi) is 4.20. The molecule has 1 fully saturated rings. The van der Waals surface area contributed by atoms with Crippen molar-refractivity contribution < 1.29 is 8.42 Å². The minimum atomic E-state index is -3.13. The van der Waals surface area contributed by atoms with Crippen LogP contribution in [0.15, 0.2) is 30.7 Å². The smallest absolute Gasteiger partial charge is 0.234 e. The van der Waals surface area contributed by atoms with E-state index in [1.807, 2.05) is 29.7 Å². The van der Waals surface area contributed by atoms with Gasteiger partial charge in [0.25, 0.3) is 0 Å². The standard InChI is InChI=1S/C17H20N6O2S/c1-12-10-14(15-11-19-17-18-6-3-7-23(15)17)21-16(20-12)13-4-8-22(9-5-13)26(2,24)25/h3,6-7,10-11,13H,4-5,8-9H2,1-2H3. The molecule has 0 spiro atoms. The summed E-state index contributed by atoms with van der Waals surface area (Å²) in [5.74, 6) is 1.55. The summed E-state index contributed by atoms with van der Waals surface area (Å²) in [4.78, 5) is 17.9. The van der Waals surface area contributed by atoms with Gasteiger partial charge in [-0.1, -0.05) is 0 Å². The number of sulfonamides is 1. The topological polar surface area (TPSA) is 93.4 Å². The van der Waals surface area contributed by atoms with Crippen molar-refractivity contribution in [3.63, 3.8) is 0 Å². The van der Waals surface area contributed by atoms with Gasteiger partial charge in [0.05, 0.1) is 23.8 Å². The van der Waals surface area contributed by atoms with E-state index >= 15 is 0 Å². The monoisotopic (exact) mass is 372 g/mol. The number of rotatable bonds is 3. The average molecular weight is 372 g/mol. The largest absolute Gasteiger partial charge is 0.282 e. The van der Waals surface area contributed by atoms with Crippen LogP contribution in [0.25, 0.3) is 17.2 Å². The lowest BCUT2D eigenvalue weighted by Gasteiger charge is -2.29. The maximum atomic E-state index is 11.7. The number of hydrogen-bond donors (Lipinski definition) is 0. The molecule has 3 aromatic rings. The third kappa shape index (κ3) is 3.19. The van der Waals surface area contributed by atoms with Gasteiger partial charge in [-0.05, 0) is 31.9 Å². The molecule has 26 heavy (non-hydrogen) atoms. The summed E-state index contributed by atoms with van der Waals surface area (Å²) in [5.41, 5.74) is 2.56. The zero-order valence-electron chi connectivity index (χ0n) is 14.7. The highest BCUT2D eigenvalue weighted by molar-refractivity contribution is 7.88. The van der Waals surface area contributed by atoms with Crippen LogP contribution in [-0.4, -0.2) is 56.4 Å². The zero-order chi connectivity index (χ0) is 18.3. The number of aryl methyl sites for hydroxylation is 1. The van der Waals surface area contributed by atoms with Gasteiger partial charge in [0.15, 0.2) is 0 Å². The van der Waals surface area contributed by atoms with E-state index in [1.54, 1.807) is 12.4 Å². The Morgan fingerprint density at radius 2 is 1.92 bits per heavy atom. The molecule has 4 rings (SSSR count). The van der Waals surface area contributed by atoms with Crippen LogP contribution in [0.5, 0.6) is 0 Å². The second-order valence-electron chi connectivity index (χ2n) is 6.62. The number of imidazole rings is 1. The fourth-order valence-corrected chi connectivity index (χ4v) is 4.24. The van der Waals surface area contributed by atoms with Gasteiger partial charge in [-0.25, -0.2) is 32.7 Å². The summed E-state index contributed by atoms with van der Waals surface area (Å²) in [6.45, 7) is 2.97. The predicted molar refractivity (Wildman–Crippen MR) is 97.1 cm³/mol. The second-order valence-corrected chi connectivity index (χ2v) is 8.60. The molecular formula is C17H20N6O2S. The predicted octanol–water partition coefficient (Wildman–Crippen LogP) is 1.63. The summed E-state index contributed by atoms with van der Waals surface area (Å²) < 4.78 is 26.8. The van der Waals surface area contributed by atoms with E-state index in [4.69, 9.17) is 4.98 Å². The van der Waals surface area contributed by atoms with Gasteiger partial charge in [0.2, 0.25) is 15.8 Å². The highest BCUT2D eigenvalue weighted by Gasteiger charge is 2.27. The number of aromatic nitrogens is 5. The lowest BCUT2D eigenvalue weighted by molar-refractivity contribution is 0.315. The Hall–Kier alpha value is -2.39. The number of hydrogen-bond acceptors (Lipinski definition) is 6. The van der Waals surface area contributed by atoms with Crippen molar-refractivity contribution in [2.24, 2.45) is 0 Å². The number of nitrogens with zero attached hydrogens (tertiary/aromatic N) is 6. The van der Waals surface area contributed by atoms with Gasteiger partial charge in [0, 0.05) is 37.1 Å². The molecule has 0 N–H and O–H groups in total. The van der Waals surface area contributed by atoms with Crippen LogP contribution >= 0.6 is 0 Å². The van der Waals surface area contributed by atoms with Crippen molar-refractivity contribution in [2.45, 2.75) is 25.7 Å². The highest BCUT2D eigenvalue weighted by Crippen LogP contribution is 2.28. The van der Waals surface area contributed by atoms with Crippen LogP contribution in [0.4, 0.5) is 0 Å². The first-order valence-electron chi connectivity index (χ1n) is 8.51. The van der Waals surface area contributed by atoms with E-state index in [1.165, 1.54) is 10.6 Å². The molecule has 9 heteroatoms. The van der Waals surface area contributed by atoms with Crippen molar-refractivity contribution in [3.05, 3.63) is 42.2 Å². The Labute approximate surface area is 152 Å². The molecular weight excluding hydrogens is 352 g/mol. The molecule has 4 heterocycles. The van der Waals surface area contributed by atoms with Crippen LogP contribution in [0, 0.1) is 6.92 Å². The number of fused-ring (bicyclic) bond motifs is 1. The summed E-state index contributed by atoms with van der Waals surface area (Å²) >= 11 is 0. The molecule has 0 saturated carbocycles. The molecule has 1 aliphatic rings. The maximum absolute atomic E-state index is 11.7. The van der Waals surface area contributed by atoms with E-state index in [-0.39, 0.29) is 5.92 Å². The van der Waals surface area contributed by atoms with E-state index < -0.39 is 10.0 Å². The van der Waals surface area contributed by atoms with Gasteiger partial charge < -0.3 is 0 Å². The summed E-state index contributed by atoms with van der Waals surface area (Å²) in [5, 5.41) is 0. The molecule has 136 valence electrons. The van der Waals surface area contributed by atoms with Crippen molar-refractivity contribution in [2.75, 3.05) is 19.3 Å². The first kappa shape index (κ1) is 17.0. The molecule has 0 radical (unpaired) electrons. The van der Waals surface area contributed by atoms with E-state index in [0.29, 0.717) is 18.9 Å². The van der Waals surface area contributed by atoms with Crippen LogP contribution in [0.1, 0.15) is 30.3 Å². The van der Waals surface area contributed by atoms with Crippen molar-refractivity contribution in [1.29, 1.82) is 0 Å².